The summed E-state index contributed by atoms with van der Waals surface area (Å²) in [5, 5.41) is 0. The molecule has 3 nitrogen and oxygen atoms in total. The van der Waals surface area contributed by atoms with Crippen LogP contribution in [0.25, 0.3) is 0 Å². The van der Waals surface area contributed by atoms with Gasteiger partial charge < -0.3 is 9.30 Å². The zero-order chi connectivity index (χ0) is 17.1. The van der Waals surface area contributed by atoms with Gasteiger partial charge in [-0.3, -0.25) is 4.79 Å². The highest BCUT2D eigenvalue weighted by atomic mass is 16.5. The van der Waals surface area contributed by atoms with Gasteiger partial charge in [-0.25, -0.2) is 0 Å². The van der Waals surface area contributed by atoms with Gasteiger partial charge in [0.2, 0.25) is 0 Å². The molecule has 2 atom stereocenters. The minimum atomic E-state index is -0.115. The first-order valence-corrected chi connectivity index (χ1v) is 9.41. The second kappa shape index (κ2) is 11.3. The molecule has 1 heterocycles. The lowest BCUT2D eigenvalue weighted by molar-refractivity contribution is -0.143. The van der Waals surface area contributed by atoms with E-state index in [0.717, 1.165) is 0 Å². The average Bonchev–Trinajstić information content (AvgIpc) is 3.01. The van der Waals surface area contributed by atoms with Gasteiger partial charge in [0.25, 0.3) is 0 Å². The van der Waals surface area contributed by atoms with Crippen molar-refractivity contribution in [2.24, 2.45) is 0 Å². The molecule has 3 heteroatoms. The Morgan fingerprint density at radius 3 is 2.52 bits per heavy atom. The van der Waals surface area contributed by atoms with Gasteiger partial charge in [0.1, 0.15) is 0 Å². The van der Waals surface area contributed by atoms with Gasteiger partial charge in [-0.05, 0) is 37.8 Å². The van der Waals surface area contributed by atoms with Crippen molar-refractivity contribution in [1.82, 2.24) is 4.57 Å². The molecular formula is C20H35NO2. The van der Waals surface area contributed by atoms with Crippen molar-refractivity contribution in [2.45, 2.75) is 91.0 Å². The lowest BCUT2D eigenvalue weighted by atomic mass is 9.97. The molecule has 1 aromatic rings. The molecule has 0 amide bonds. The van der Waals surface area contributed by atoms with Crippen LogP contribution in [0.1, 0.15) is 96.6 Å². The number of unbranched alkanes of at least 4 members (excludes halogenated alkanes) is 5. The molecule has 0 aliphatic rings. The van der Waals surface area contributed by atoms with Crippen molar-refractivity contribution >= 4 is 5.97 Å². The third kappa shape index (κ3) is 7.71. The van der Waals surface area contributed by atoms with Gasteiger partial charge >= 0.3 is 5.97 Å². The van der Waals surface area contributed by atoms with Crippen LogP contribution in [0.15, 0.2) is 18.5 Å². The Kier molecular flexibility index (Phi) is 9.74. The second-order valence-electron chi connectivity index (χ2n) is 6.71. The van der Waals surface area contributed by atoms with Gasteiger partial charge in [-0.15, -0.1) is 0 Å². The smallest absolute Gasteiger partial charge is 0.307 e. The molecule has 0 spiro atoms. The highest BCUT2D eigenvalue weighted by molar-refractivity contribution is 5.69. The van der Waals surface area contributed by atoms with Crippen molar-refractivity contribution < 1.29 is 9.53 Å². The monoisotopic (exact) mass is 321 g/mol. The maximum absolute atomic E-state index is 11.6. The van der Waals surface area contributed by atoms with Crippen LogP contribution in [0.3, 0.4) is 0 Å². The summed E-state index contributed by atoms with van der Waals surface area (Å²) in [7, 11) is 0. The van der Waals surface area contributed by atoms with Gasteiger partial charge in [0, 0.05) is 18.4 Å². The summed E-state index contributed by atoms with van der Waals surface area (Å²) >= 11 is 0. The Hall–Kier alpha value is -1.25. The molecule has 0 aromatic carbocycles. The maximum atomic E-state index is 11.6. The molecular weight excluding hydrogens is 286 g/mol. The zero-order valence-corrected chi connectivity index (χ0v) is 15.5. The molecule has 0 fully saturated rings. The van der Waals surface area contributed by atoms with E-state index in [0.29, 0.717) is 18.9 Å². The largest absolute Gasteiger partial charge is 0.466 e. The standard InChI is InChI=1S/C20H35NO2/c1-5-7-8-9-10-11-12-17(3)19-13-14-21(16-19)18(4)15-20(22)23-6-2/h13-14,16-18H,5-12,15H2,1-4H3. The minimum Gasteiger partial charge on any atom is -0.466 e. The number of carbonyl (C=O) groups is 1. The third-order valence-corrected chi connectivity index (χ3v) is 4.57. The Morgan fingerprint density at radius 2 is 1.83 bits per heavy atom. The molecule has 0 saturated carbocycles. The summed E-state index contributed by atoms with van der Waals surface area (Å²) in [5.41, 5.74) is 1.38. The van der Waals surface area contributed by atoms with Crippen LogP contribution in [0.4, 0.5) is 0 Å². The zero-order valence-electron chi connectivity index (χ0n) is 15.5. The fraction of sp³-hybridized carbons (Fsp3) is 0.750. The van der Waals surface area contributed by atoms with Crippen molar-refractivity contribution in [3.05, 3.63) is 24.0 Å². The van der Waals surface area contributed by atoms with E-state index in [9.17, 15) is 4.79 Å². The first-order valence-electron chi connectivity index (χ1n) is 9.41. The lowest BCUT2D eigenvalue weighted by Gasteiger charge is -2.13. The van der Waals surface area contributed by atoms with Crippen LogP contribution >= 0.6 is 0 Å². The Bertz CT molecular complexity index is 439. The van der Waals surface area contributed by atoms with Gasteiger partial charge in [0.15, 0.2) is 0 Å². The SMILES string of the molecule is CCCCCCCCC(C)c1ccn(C(C)CC(=O)OCC)c1. The topological polar surface area (TPSA) is 31.2 Å². The van der Waals surface area contributed by atoms with E-state index in [-0.39, 0.29) is 12.0 Å². The van der Waals surface area contributed by atoms with E-state index < -0.39 is 0 Å². The van der Waals surface area contributed by atoms with Crippen molar-refractivity contribution in [1.29, 1.82) is 0 Å². The molecule has 0 aliphatic carbocycles. The first-order chi connectivity index (χ1) is 11.1. The number of ether oxygens (including phenoxy) is 1. The summed E-state index contributed by atoms with van der Waals surface area (Å²) in [6, 6.07) is 2.35. The Morgan fingerprint density at radius 1 is 1.13 bits per heavy atom. The number of carbonyl (C=O) groups excluding carboxylic acids is 1. The van der Waals surface area contributed by atoms with E-state index in [1.165, 1.54) is 50.5 Å². The number of hydrogen-bond donors (Lipinski definition) is 0. The quantitative estimate of drug-likeness (QED) is 0.357. The first kappa shape index (κ1) is 19.8. The molecule has 0 saturated heterocycles. The van der Waals surface area contributed by atoms with Crippen LogP contribution in [-0.2, 0) is 9.53 Å². The van der Waals surface area contributed by atoms with E-state index >= 15 is 0 Å². The average molecular weight is 322 g/mol. The molecule has 23 heavy (non-hydrogen) atoms. The molecule has 0 aliphatic heterocycles. The summed E-state index contributed by atoms with van der Waals surface area (Å²) in [6.45, 7) is 8.94. The van der Waals surface area contributed by atoms with Gasteiger partial charge in [-0.1, -0.05) is 52.4 Å². The van der Waals surface area contributed by atoms with Crippen LogP contribution in [0.2, 0.25) is 0 Å². The number of nitrogens with zero attached hydrogens (tertiary/aromatic N) is 1. The summed E-state index contributed by atoms with van der Waals surface area (Å²) < 4.78 is 7.17. The van der Waals surface area contributed by atoms with Crippen LogP contribution in [-0.4, -0.2) is 17.1 Å². The predicted octanol–water partition coefficient (Wildman–Crippen LogP) is 5.86. The number of rotatable bonds is 12. The number of aromatic nitrogens is 1. The summed E-state index contributed by atoms with van der Waals surface area (Å²) in [5.74, 6) is 0.479. The van der Waals surface area contributed by atoms with E-state index in [1.807, 2.05) is 6.92 Å². The normalized spacial score (nSPS) is 13.7. The lowest BCUT2D eigenvalue weighted by Crippen LogP contribution is -2.12. The molecule has 0 radical (unpaired) electrons. The summed E-state index contributed by atoms with van der Waals surface area (Å²) in [6.07, 6.45) is 14.1. The van der Waals surface area contributed by atoms with E-state index in [2.05, 4.69) is 43.8 Å². The molecule has 2 unspecified atom stereocenters. The van der Waals surface area contributed by atoms with E-state index in [4.69, 9.17) is 4.74 Å². The van der Waals surface area contributed by atoms with Gasteiger partial charge in [-0.2, -0.15) is 0 Å². The van der Waals surface area contributed by atoms with Crippen LogP contribution in [0.5, 0.6) is 0 Å². The summed E-state index contributed by atoms with van der Waals surface area (Å²) in [4.78, 5) is 11.6. The van der Waals surface area contributed by atoms with Crippen molar-refractivity contribution in [3.8, 4) is 0 Å². The highest BCUT2D eigenvalue weighted by Crippen LogP contribution is 2.24. The van der Waals surface area contributed by atoms with Crippen LogP contribution in [0, 0.1) is 0 Å². The second-order valence-corrected chi connectivity index (χ2v) is 6.71. The predicted molar refractivity (Wildman–Crippen MR) is 96.8 cm³/mol. The molecule has 0 N–H and O–H groups in total. The van der Waals surface area contributed by atoms with Crippen molar-refractivity contribution in [3.63, 3.8) is 0 Å². The maximum Gasteiger partial charge on any atom is 0.307 e. The molecule has 132 valence electrons. The third-order valence-electron chi connectivity index (χ3n) is 4.57. The highest BCUT2D eigenvalue weighted by Gasteiger charge is 2.13. The number of hydrogen-bond acceptors (Lipinski definition) is 2. The van der Waals surface area contributed by atoms with Crippen molar-refractivity contribution in [2.75, 3.05) is 6.61 Å². The minimum absolute atomic E-state index is 0.115. The van der Waals surface area contributed by atoms with Crippen LogP contribution < -0.4 is 0 Å². The Labute approximate surface area is 142 Å². The molecule has 0 bridgehead atoms. The fourth-order valence-corrected chi connectivity index (χ4v) is 2.96. The fourth-order valence-electron chi connectivity index (χ4n) is 2.96. The number of esters is 1. The molecule has 1 rings (SSSR count). The molecule has 1 aromatic heterocycles. The van der Waals surface area contributed by atoms with Gasteiger partial charge in [0.05, 0.1) is 13.0 Å². The van der Waals surface area contributed by atoms with E-state index in [1.54, 1.807) is 0 Å². The Balaban J connectivity index is 2.35.